The Labute approximate surface area is 266 Å². The smallest absolute Gasteiger partial charge is 0.227 e. The molecule has 0 saturated carbocycles. The van der Waals surface area contributed by atoms with Gasteiger partial charge in [0.1, 0.15) is 16.7 Å². The summed E-state index contributed by atoms with van der Waals surface area (Å²) in [5, 5.41) is 2.16. The zero-order chi connectivity index (χ0) is 30.5. The molecule has 3 heteroatoms. The van der Waals surface area contributed by atoms with Gasteiger partial charge in [0.05, 0.1) is 0 Å². The predicted octanol–water partition coefficient (Wildman–Crippen LogP) is 12.1. The molecule has 9 aromatic rings. The van der Waals surface area contributed by atoms with Crippen LogP contribution in [0.15, 0.2) is 173 Å². The van der Waals surface area contributed by atoms with Crippen LogP contribution in [-0.2, 0) is 0 Å². The Kier molecular flexibility index (Phi) is 6.14. The van der Waals surface area contributed by atoms with E-state index in [0.29, 0.717) is 5.89 Å². The first-order chi connectivity index (χ1) is 22.8. The fraction of sp³-hybridized carbons (Fsp3) is 0. The number of aromatic nitrogens is 1. The van der Waals surface area contributed by atoms with E-state index in [0.717, 1.165) is 77.5 Å². The quantitative estimate of drug-likeness (QED) is 0.200. The van der Waals surface area contributed by atoms with E-state index >= 15 is 0 Å². The number of furan rings is 1. The van der Waals surface area contributed by atoms with Crippen LogP contribution in [0.3, 0.4) is 0 Å². The van der Waals surface area contributed by atoms with Crippen LogP contribution in [0.1, 0.15) is 0 Å². The Morgan fingerprint density at radius 1 is 0.348 bits per heavy atom. The van der Waals surface area contributed by atoms with Crippen molar-refractivity contribution in [2.24, 2.45) is 0 Å². The van der Waals surface area contributed by atoms with Gasteiger partial charge in [0.15, 0.2) is 5.58 Å². The van der Waals surface area contributed by atoms with E-state index < -0.39 is 0 Å². The van der Waals surface area contributed by atoms with Gasteiger partial charge in [-0.1, -0.05) is 115 Å². The lowest BCUT2D eigenvalue weighted by Crippen LogP contribution is -1.85. The Hall–Kier alpha value is -6.19. The fourth-order valence-electron chi connectivity index (χ4n) is 6.44. The molecule has 0 unspecified atom stereocenters. The van der Waals surface area contributed by atoms with Crippen molar-refractivity contribution in [3.8, 4) is 56.0 Å². The van der Waals surface area contributed by atoms with Crippen LogP contribution < -0.4 is 0 Å². The van der Waals surface area contributed by atoms with E-state index in [-0.39, 0.29) is 0 Å². The maximum Gasteiger partial charge on any atom is 0.227 e. The summed E-state index contributed by atoms with van der Waals surface area (Å²) in [4.78, 5) is 4.77. The van der Waals surface area contributed by atoms with Gasteiger partial charge in [-0.15, -0.1) is 0 Å². The lowest BCUT2D eigenvalue weighted by Gasteiger charge is -2.09. The minimum Gasteiger partial charge on any atom is -0.455 e. The van der Waals surface area contributed by atoms with Gasteiger partial charge in [-0.05, 0) is 81.9 Å². The summed E-state index contributed by atoms with van der Waals surface area (Å²) >= 11 is 0. The number of fused-ring (bicyclic) bond motifs is 4. The molecule has 7 aromatic carbocycles. The van der Waals surface area contributed by atoms with Gasteiger partial charge in [-0.3, -0.25) is 0 Å². The van der Waals surface area contributed by atoms with Crippen molar-refractivity contribution in [3.63, 3.8) is 0 Å². The lowest BCUT2D eigenvalue weighted by molar-refractivity contribution is 0.620. The number of hydrogen-bond donors (Lipinski definition) is 0. The molecule has 3 nitrogen and oxygen atoms in total. The highest BCUT2D eigenvalue weighted by atomic mass is 16.3. The third kappa shape index (κ3) is 4.49. The van der Waals surface area contributed by atoms with E-state index in [9.17, 15) is 0 Å². The molecule has 46 heavy (non-hydrogen) atoms. The van der Waals surface area contributed by atoms with E-state index in [1.807, 2.05) is 30.3 Å². The van der Waals surface area contributed by atoms with Crippen LogP contribution >= 0.6 is 0 Å². The second-order valence-electron chi connectivity index (χ2n) is 11.6. The highest BCUT2D eigenvalue weighted by Crippen LogP contribution is 2.44. The van der Waals surface area contributed by atoms with Crippen molar-refractivity contribution >= 4 is 33.0 Å². The summed E-state index contributed by atoms with van der Waals surface area (Å²) in [6.07, 6.45) is 0. The molecule has 0 fully saturated rings. The molecular weight excluding hydrogens is 562 g/mol. The summed E-state index contributed by atoms with van der Waals surface area (Å²) in [6.45, 7) is 0. The minimum absolute atomic E-state index is 0.599. The number of para-hydroxylation sites is 2. The van der Waals surface area contributed by atoms with Gasteiger partial charge in [0, 0.05) is 27.5 Å². The largest absolute Gasteiger partial charge is 0.455 e. The van der Waals surface area contributed by atoms with Crippen LogP contribution in [0.2, 0.25) is 0 Å². The molecule has 0 atom stereocenters. The molecule has 0 bridgehead atoms. The first kappa shape index (κ1) is 26.2. The number of nitrogens with zero attached hydrogens (tertiary/aromatic N) is 1. The predicted molar refractivity (Wildman–Crippen MR) is 188 cm³/mol. The monoisotopic (exact) mass is 589 g/mol. The van der Waals surface area contributed by atoms with E-state index in [1.54, 1.807) is 0 Å². The first-order valence-corrected chi connectivity index (χ1v) is 15.5. The SMILES string of the molecule is c1ccc(-c2cc(-c3ccccc3)c3oc4c(-c5cccc(-c6nc7ccccc7o6)c5)cc(-c5ccccc5)cc4c3c2)cc1. The molecule has 2 aromatic heterocycles. The lowest BCUT2D eigenvalue weighted by atomic mass is 9.93. The summed E-state index contributed by atoms with van der Waals surface area (Å²) < 4.78 is 13.1. The fourth-order valence-corrected chi connectivity index (χ4v) is 6.44. The van der Waals surface area contributed by atoms with E-state index in [4.69, 9.17) is 13.8 Å². The number of hydrogen-bond acceptors (Lipinski definition) is 3. The van der Waals surface area contributed by atoms with Crippen LogP contribution in [-0.4, -0.2) is 4.98 Å². The van der Waals surface area contributed by atoms with Gasteiger partial charge in [0.25, 0.3) is 0 Å². The molecule has 0 aliphatic carbocycles. The normalized spacial score (nSPS) is 11.5. The second kappa shape index (κ2) is 10.8. The molecule has 2 heterocycles. The van der Waals surface area contributed by atoms with Crippen molar-refractivity contribution in [3.05, 3.63) is 164 Å². The summed E-state index contributed by atoms with van der Waals surface area (Å²) in [7, 11) is 0. The zero-order valence-corrected chi connectivity index (χ0v) is 24.9. The molecule has 0 N–H and O–H groups in total. The summed E-state index contributed by atoms with van der Waals surface area (Å²) in [5.41, 5.74) is 13.1. The minimum atomic E-state index is 0.599. The van der Waals surface area contributed by atoms with Crippen molar-refractivity contribution in [2.75, 3.05) is 0 Å². The van der Waals surface area contributed by atoms with Gasteiger partial charge < -0.3 is 8.83 Å². The van der Waals surface area contributed by atoms with Crippen molar-refractivity contribution in [2.45, 2.75) is 0 Å². The number of oxazole rings is 1. The van der Waals surface area contributed by atoms with Gasteiger partial charge in [0.2, 0.25) is 5.89 Å². The van der Waals surface area contributed by atoms with Crippen LogP contribution in [0.4, 0.5) is 0 Å². The zero-order valence-electron chi connectivity index (χ0n) is 24.9. The van der Waals surface area contributed by atoms with Crippen molar-refractivity contribution in [1.29, 1.82) is 0 Å². The Morgan fingerprint density at radius 3 is 1.46 bits per heavy atom. The van der Waals surface area contributed by atoms with Gasteiger partial charge in [-0.25, -0.2) is 4.98 Å². The molecule has 9 rings (SSSR count). The van der Waals surface area contributed by atoms with Crippen molar-refractivity contribution < 1.29 is 8.83 Å². The summed E-state index contributed by atoms with van der Waals surface area (Å²) in [5.74, 6) is 0.599. The second-order valence-corrected chi connectivity index (χ2v) is 11.6. The highest BCUT2D eigenvalue weighted by Gasteiger charge is 2.20. The molecule has 0 aliphatic rings. The van der Waals surface area contributed by atoms with Gasteiger partial charge in [-0.2, -0.15) is 0 Å². The third-order valence-corrected chi connectivity index (χ3v) is 8.69. The molecule has 216 valence electrons. The maximum atomic E-state index is 6.96. The molecular formula is C43H27NO2. The van der Waals surface area contributed by atoms with Crippen molar-refractivity contribution in [1.82, 2.24) is 4.98 Å². The Morgan fingerprint density at radius 2 is 0.848 bits per heavy atom. The molecule has 0 radical (unpaired) electrons. The Bertz CT molecular complexity index is 2480. The van der Waals surface area contributed by atoms with Crippen LogP contribution in [0.25, 0.3) is 89.0 Å². The number of rotatable bonds is 5. The van der Waals surface area contributed by atoms with Crippen LogP contribution in [0, 0.1) is 0 Å². The first-order valence-electron chi connectivity index (χ1n) is 15.5. The van der Waals surface area contributed by atoms with Crippen LogP contribution in [0.5, 0.6) is 0 Å². The molecule has 0 spiro atoms. The average molecular weight is 590 g/mol. The molecule has 0 amide bonds. The average Bonchev–Trinajstić information content (AvgIpc) is 3.74. The molecule has 0 saturated heterocycles. The third-order valence-electron chi connectivity index (χ3n) is 8.69. The Balaban J connectivity index is 1.33. The summed E-state index contributed by atoms with van der Waals surface area (Å²) in [6, 6.07) is 56.9. The standard InChI is InChI=1S/C43H27NO2/c1-4-13-28(14-5-1)33-24-35(30-17-8-3-9-18-30)41-37(26-33)38-27-34(29-15-6-2-7-16-29)25-36(42(38)46-41)31-19-12-20-32(23-31)43-44-39-21-10-11-22-40(39)45-43/h1-27H. The maximum absolute atomic E-state index is 6.96. The van der Waals surface area contributed by atoms with E-state index in [2.05, 4.69) is 133 Å². The van der Waals surface area contributed by atoms with E-state index in [1.165, 1.54) is 5.56 Å². The van der Waals surface area contributed by atoms with Gasteiger partial charge >= 0.3 is 0 Å². The topological polar surface area (TPSA) is 39.2 Å². The number of benzene rings is 7. The molecule has 0 aliphatic heterocycles. The highest BCUT2D eigenvalue weighted by molar-refractivity contribution is 6.15.